The Morgan fingerprint density at radius 3 is 2.56 bits per heavy atom. The largest absolute Gasteiger partial charge is 0.357 e. The molecule has 1 N–H and O–H groups in total. The average Bonchev–Trinajstić information content (AvgIpc) is 3.02. The zero-order valence-corrected chi connectivity index (χ0v) is 19.3. The van der Waals surface area contributed by atoms with Gasteiger partial charge < -0.3 is 10.2 Å². The minimum absolute atomic E-state index is 0. The molecule has 7 heteroatoms. The van der Waals surface area contributed by atoms with E-state index in [2.05, 4.69) is 47.8 Å². The standard InChI is InChI=1S/C18H33N5S.HI/c1-5-16-13-21-17(24-16)7-8-20-18(19-6-2)23-11-9-22(10-12-23)14-15(3)4;/h13,15H,5-12,14H2,1-4H3,(H,19,20);1H. The molecular weight excluding hydrogens is 445 g/mol. The fraction of sp³-hybridized carbons (Fsp3) is 0.778. The average molecular weight is 479 g/mol. The predicted molar refractivity (Wildman–Crippen MR) is 119 cm³/mol. The number of hydrogen-bond donors (Lipinski definition) is 1. The summed E-state index contributed by atoms with van der Waals surface area (Å²) < 4.78 is 0. The highest BCUT2D eigenvalue weighted by atomic mass is 127. The molecule has 1 fully saturated rings. The van der Waals surface area contributed by atoms with Crippen LogP contribution in [0.5, 0.6) is 0 Å². The molecule has 0 aliphatic carbocycles. The first-order valence-electron chi connectivity index (χ1n) is 9.31. The molecule has 0 atom stereocenters. The summed E-state index contributed by atoms with van der Waals surface area (Å²) in [6.45, 7) is 16.2. The molecule has 0 spiro atoms. The Kier molecular flexibility index (Phi) is 10.9. The van der Waals surface area contributed by atoms with Crippen LogP contribution in [-0.2, 0) is 12.8 Å². The van der Waals surface area contributed by atoms with Gasteiger partial charge in [0.25, 0.3) is 0 Å². The van der Waals surface area contributed by atoms with E-state index in [1.165, 1.54) is 16.4 Å². The fourth-order valence-electron chi connectivity index (χ4n) is 2.97. The molecule has 2 heterocycles. The summed E-state index contributed by atoms with van der Waals surface area (Å²) in [7, 11) is 0. The lowest BCUT2D eigenvalue weighted by Crippen LogP contribution is -2.53. The lowest BCUT2D eigenvalue weighted by Gasteiger charge is -2.37. The molecule has 1 aromatic rings. The SMILES string of the molecule is CCNC(=NCCc1ncc(CC)s1)N1CCN(CC(C)C)CC1.I. The van der Waals surface area contributed by atoms with Crippen molar-refractivity contribution in [2.75, 3.05) is 45.8 Å². The van der Waals surface area contributed by atoms with E-state index >= 15 is 0 Å². The van der Waals surface area contributed by atoms with E-state index < -0.39 is 0 Å². The molecular formula is C18H34IN5S. The first-order valence-corrected chi connectivity index (χ1v) is 10.1. The monoisotopic (exact) mass is 479 g/mol. The van der Waals surface area contributed by atoms with E-state index in [1.807, 2.05) is 17.5 Å². The van der Waals surface area contributed by atoms with Crippen LogP contribution < -0.4 is 5.32 Å². The van der Waals surface area contributed by atoms with Gasteiger partial charge in [0.05, 0.1) is 5.01 Å². The van der Waals surface area contributed by atoms with Crippen molar-refractivity contribution in [3.05, 3.63) is 16.1 Å². The van der Waals surface area contributed by atoms with Crippen molar-refractivity contribution in [1.82, 2.24) is 20.1 Å². The van der Waals surface area contributed by atoms with Crippen LogP contribution in [0, 0.1) is 5.92 Å². The molecule has 25 heavy (non-hydrogen) atoms. The van der Waals surface area contributed by atoms with Gasteiger partial charge in [0.2, 0.25) is 0 Å². The number of thiazole rings is 1. The summed E-state index contributed by atoms with van der Waals surface area (Å²) in [5.41, 5.74) is 0. The van der Waals surface area contributed by atoms with Crippen molar-refractivity contribution in [3.8, 4) is 0 Å². The minimum Gasteiger partial charge on any atom is -0.357 e. The predicted octanol–water partition coefficient (Wildman–Crippen LogP) is 3.11. The second-order valence-electron chi connectivity index (χ2n) is 6.74. The maximum atomic E-state index is 4.83. The summed E-state index contributed by atoms with van der Waals surface area (Å²) in [5.74, 6) is 1.80. The normalized spacial score (nSPS) is 16.2. The molecule has 0 unspecified atom stereocenters. The Balaban J connectivity index is 0.00000312. The van der Waals surface area contributed by atoms with Gasteiger partial charge in [-0.15, -0.1) is 35.3 Å². The van der Waals surface area contributed by atoms with Gasteiger partial charge in [-0.3, -0.25) is 9.89 Å². The van der Waals surface area contributed by atoms with Crippen LogP contribution in [-0.4, -0.2) is 66.6 Å². The molecule has 1 aliphatic rings. The summed E-state index contributed by atoms with van der Waals surface area (Å²) in [6.07, 6.45) is 4.01. The molecule has 0 amide bonds. The van der Waals surface area contributed by atoms with Crippen LogP contribution >= 0.6 is 35.3 Å². The number of aromatic nitrogens is 1. The van der Waals surface area contributed by atoms with Crippen molar-refractivity contribution in [3.63, 3.8) is 0 Å². The van der Waals surface area contributed by atoms with Gasteiger partial charge in [0.1, 0.15) is 0 Å². The Labute approximate surface area is 174 Å². The molecule has 0 radical (unpaired) electrons. The van der Waals surface area contributed by atoms with Crippen molar-refractivity contribution in [2.24, 2.45) is 10.9 Å². The van der Waals surface area contributed by atoms with Gasteiger partial charge in [-0.05, 0) is 19.3 Å². The van der Waals surface area contributed by atoms with Crippen LogP contribution in [0.3, 0.4) is 0 Å². The molecule has 5 nitrogen and oxygen atoms in total. The highest BCUT2D eigenvalue weighted by molar-refractivity contribution is 14.0. The first kappa shape index (κ1) is 22.6. The zero-order chi connectivity index (χ0) is 17.4. The second-order valence-corrected chi connectivity index (χ2v) is 7.94. The number of aryl methyl sites for hydroxylation is 1. The minimum atomic E-state index is 0. The number of rotatable bonds is 7. The highest BCUT2D eigenvalue weighted by Gasteiger charge is 2.19. The van der Waals surface area contributed by atoms with E-state index in [0.29, 0.717) is 0 Å². The summed E-state index contributed by atoms with van der Waals surface area (Å²) in [6, 6.07) is 0. The number of halogens is 1. The van der Waals surface area contributed by atoms with Crippen molar-refractivity contribution >= 4 is 41.3 Å². The van der Waals surface area contributed by atoms with Crippen molar-refractivity contribution in [1.29, 1.82) is 0 Å². The van der Waals surface area contributed by atoms with Crippen molar-refractivity contribution in [2.45, 2.75) is 40.5 Å². The van der Waals surface area contributed by atoms with E-state index in [0.717, 1.165) is 64.0 Å². The first-order chi connectivity index (χ1) is 11.6. The van der Waals surface area contributed by atoms with E-state index in [1.54, 1.807) is 0 Å². The second kappa shape index (κ2) is 12.1. The highest BCUT2D eigenvalue weighted by Crippen LogP contribution is 2.14. The fourth-order valence-corrected chi connectivity index (χ4v) is 3.82. The topological polar surface area (TPSA) is 43.8 Å². The van der Waals surface area contributed by atoms with Gasteiger partial charge in [-0.1, -0.05) is 20.8 Å². The molecule has 0 bridgehead atoms. The molecule has 0 aromatic carbocycles. The number of nitrogens with zero attached hydrogens (tertiary/aromatic N) is 4. The maximum absolute atomic E-state index is 4.83. The molecule has 2 rings (SSSR count). The van der Waals surface area contributed by atoms with E-state index in [9.17, 15) is 0 Å². The van der Waals surface area contributed by atoms with Crippen LogP contribution in [0.2, 0.25) is 0 Å². The molecule has 144 valence electrons. The lowest BCUT2D eigenvalue weighted by molar-refractivity contribution is 0.164. The van der Waals surface area contributed by atoms with Crippen molar-refractivity contribution < 1.29 is 0 Å². The number of aliphatic imine (C=N–C) groups is 1. The van der Waals surface area contributed by atoms with Gasteiger partial charge in [0, 0.05) is 63.3 Å². The lowest BCUT2D eigenvalue weighted by atomic mass is 10.2. The molecule has 0 saturated carbocycles. The number of piperazine rings is 1. The van der Waals surface area contributed by atoms with Gasteiger partial charge in [-0.2, -0.15) is 0 Å². The quantitative estimate of drug-likeness (QED) is 0.371. The maximum Gasteiger partial charge on any atom is 0.194 e. The molecule has 1 aromatic heterocycles. The van der Waals surface area contributed by atoms with Crippen LogP contribution in [0.25, 0.3) is 0 Å². The third-order valence-corrected chi connectivity index (χ3v) is 5.37. The van der Waals surface area contributed by atoms with Crippen LogP contribution in [0.1, 0.15) is 37.6 Å². The third-order valence-electron chi connectivity index (χ3n) is 4.17. The van der Waals surface area contributed by atoms with E-state index in [4.69, 9.17) is 4.99 Å². The Morgan fingerprint density at radius 2 is 2.00 bits per heavy atom. The van der Waals surface area contributed by atoms with Gasteiger partial charge in [-0.25, -0.2) is 4.98 Å². The summed E-state index contributed by atoms with van der Waals surface area (Å²) in [4.78, 5) is 15.6. The van der Waals surface area contributed by atoms with Gasteiger partial charge in [0.15, 0.2) is 5.96 Å². The number of hydrogen-bond acceptors (Lipinski definition) is 4. The number of guanidine groups is 1. The molecule has 1 aliphatic heterocycles. The smallest absolute Gasteiger partial charge is 0.194 e. The summed E-state index contributed by atoms with van der Waals surface area (Å²) >= 11 is 1.82. The van der Waals surface area contributed by atoms with Gasteiger partial charge >= 0.3 is 0 Å². The van der Waals surface area contributed by atoms with Crippen LogP contribution in [0.15, 0.2) is 11.2 Å². The van der Waals surface area contributed by atoms with E-state index in [-0.39, 0.29) is 24.0 Å². The number of nitrogens with one attached hydrogen (secondary N) is 1. The Morgan fingerprint density at radius 1 is 1.28 bits per heavy atom. The van der Waals surface area contributed by atoms with Crippen LogP contribution in [0.4, 0.5) is 0 Å². The Bertz CT molecular complexity index is 509. The zero-order valence-electron chi connectivity index (χ0n) is 16.1. The third kappa shape index (κ3) is 7.78. The summed E-state index contributed by atoms with van der Waals surface area (Å²) in [5, 5.41) is 4.65. The Hall–Kier alpha value is -0.410. The molecule has 1 saturated heterocycles.